The van der Waals surface area contributed by atoms with Gasteiger partial charge in [0, 0.05) is 45.5 Å². The molecule has 2 aromatic carbocycles. The normalized spacial score (nSPS) is 11.8. The maximum absolute atomic E-state index is 14.5. The monoisotopic (exact) mass is 515 g/mol. The fourth-order valence-electron chi connectivity index (χ4n) is 3.94. The van der Waals surface area contributed by atoms with Crippen molar-refractivity contribution >= 4 is 39.9 Å². The molecule has 0 unspecified atom stereocenters. The zero-order valence-corrected chi connectivity index (χ0v) is 19.2. The number of rotatable bonds is 5. The minimum absolute atomic E-state index is 0.121. The standard InChI is InChI=1S/C25H14Cl2F3N3O2/c26-16-8-7-15(18(27)10-16)13-33-19-6-2-1-5-17(19)21(23(33)25(28,29)30)22(34)24-32-12-20(35-24)14-4-3-9-31-11-14/h1-12H,13H2. The number of hydrogen-bond acceptors (Lipinski definition) is 4. The minimum Gasteiger partial charge on any atom is -0.433 e. The molecule has 0 spiro atoms. The van der Waals surface area contributed by atoms with Gasteiger partial charge in [-0.15, -0.1) is 0 Å². The van der Waals surface area contributed by atoms with Gasteiger partial charge >= 0.3 is 6.18 Å². The quantitative estimate of drug-likeness (QED) is 0.230. The minimum atomic E-state index is -4.86. The number of para-hydroxylation sites is 1. The summed E-state index contributed by atoms with van der Waals surface area (Å²) in [4.78, 5) is 21.4. The van der Waals surface area contributed by atoms with Gasteiger partial charge in [-0.05, 0) is 35.9 Å². The van der Waals surface area contributed by atoms with E-state index in [4.69, 9.17) is 27.6 Å². The number of benzene rings is 2. The molecule has 5 rings (SSSR count). The number of pyridine rings is 1. The van der Waals surface area contributed by atoms with E-state index < -0.39 is 29.1 Å². The van der Waals surface area contributed by atoms with E-state index in [1.165, 1.54) is 30.6 Å². The molecule has 0 saturated carbocycles. The number of hydrogen-bond donors (Lipinski definition) is 0. The first-order chi connectivity index (χ1) is 16.7. The van der Waals surface area contributed by atoms with E-state index >= 15 is 0 Å². The first kappa shape index (κ1) is 23.1. The van der Waals surface area contributed by atoms with Gasteiger partial charge in [0.1, 0.15) is 5.69 Å². The van der Waals surface area contributed by atoms with Crippen molar-refractivity contribution in [1.29, 1.82) is 0 Å². The van der Waals surface area contributed by atoms with Gasteiger partial charge in [-0.25, -0.2) is 4.98 Å². The number of fused-ring (bicyclic) bond motifs is 1. The van der Waals surface area contributed by atoms with Crippen molar-refractivity contribution in [3.05, 3.63) is 106 Å². The molecule has 0 aliphatic rings. The van der Waals surface area contributed by atoms with Crippen molar-refractivity contribution in [3.63, 3.8) is 0 Å². The second kappa shape index (κ2) is 8.87. The van der Waals surface area contributed by atoms with Crippen LogP contribution in [0.3, 0.4) is 0 Å². The summed E-state index contributed by atoms with van der Waals surface area (Å²) in [5.41, 5.74) is -0.493. The number of oxazole rings is 1. The van der Waals surface area contributed by atoms with E-state index in [0.29, 0.717) is 16.1 Å². The van der Waals surface area contributed by atoms with Crippen molar-refractivity contribution in [2.24, 2.45) is 0 Å². The lowest BCUT2D eigenvalue weighted by molar-refractivity contribution is -0.143. The van der Waals surface area contributed by atoms with Crippen LogP contribution in [0.1, 0.15) is 27.5 Å². The smallest absolute Gasteiger partial charge is 0.432 e. The molecule has 0 bridgehead atoms. The molecule has 3 heterocycles. The molecular formula is C25H14Cl2F3N3O2. The summed E-state index contributed by atoms with van der Waals surface area (Å²) in [7, 11) is 0. The third kappa shape index (κ3) is 4.31. The molecule has 0 N–H and O–H groups in total. The Kier molecular flexibility index (Phi) is 5.86. The Hall–Kier alpha value is -3.62. The number of ketones is 1. The van der Waals surface area contributed by atoms with E-state index in [1.807, 2.05) is 0 Å². The Morgan fingerprint density at radius 3 is 2.54 bits per heavy atom. The molecule has 0 aliphatic heterocycles. The molecule has 0 atom stereocenters. The second-order valence-corrected chi connectivity index (χ2v) is 8.50. The highest BCUT2D eigenvalue weighted by atomic mass is 35.5. The van der Waals surface area contributed by atoms with Gasteiger partial charge in [-0.1, -0.05) is 47.5 Å². The first-order valence-electron chi connectivity index (χ1n) is 10.3. The number of halogens is 5. The molecule has 176 valence electrons. The molecule has 5 aromatic rings. The molecule has 0 aliphatic carbocycles. The third-order valence-electron chi connectivity index (χ3n) is 5.46. The highest BCUT2D eigenvalue weighted by molar-refractivity contribution is 6.35. The van der Waals surface area contributed by atoms with Crippen LogP contribution in [0.25, 0.3) is 22.2 Å². The third-order valence-corrected chi connectivity index (χ3v) is 6.04. The zero-order chi connectivity index (χ0) is 24.7. The van der Waals surface area contributed by atoms with E-state index in [0.717, 1.165) is 4.57 Å². The highest BCUT2D eigenvalue weighted by Crippen LogP contribution is 2.40. The molecular weight excluding hydrogens is 502 g/mol. The summed E-state index contributed by atoms with van der Waals surface area (Å²) in [6.45, 7) is -0.231. The summed E-state index contributed by atoms with van der Waals surface area (Å²) in [6.07, 6.45) is -0.521. The molecule has 0 fully saturated rings. The van der Waals surface area contributed by atoms with Gasteiger partial charge in [0.25, 0.3) is 11.7 Å². The van der Waals surface area contributed by atoms with Crippen molar-refractivity contribution in [3.8, 4) is 11.3 Å². The number of carbonyl (C=O) groups is 1. The van der Waals surface area contributed by atoms with E-state index in [2.05, 4.69) is 9.97 Å². The average molecular weight is 516 g/mol. The summed E-state index contributed by atoms with van der Waals surface area (Å²) >= 11 is 12.2. The van der Waals surface area contributed by atoms with Gasteiger partial charge < -0.3 is 8.98 Å². The van der Waals surface area contributed by atoms with E-state index in [-0.39, 0.29) is 28.2 Å². The molecule has 10 heteroatoms. The fraction of sp³-hybridized carbons (Fsp3) is 0.0800. The van der Waals surface area contributed by atoms with Crippen LogP contribution in [0.15, 0.2) is 77.6 Å². The zero-order valence-electron chi connectivity index (χ0n) is 17.7. The second-order valence-electron chi connectivity index (χ2n) is 7.66. The summed E-state index contributed by atoms with van der Waals surface area (Å²) in [6, 6.07) is 14.0. The van der Waals surface area contributed by atoms with Crippen LogP contribution in [0.4, 0.5) is 13.2 Å². The Labute approximate surface area is 206 Å². The molecule has 3 aromatic heterocycles. The Balaban J connectivity index is 1.68. The summed E-state index contributed by atoms with van der Waals surface area (Å²) < 4.78 is 50.0. The van der Waals surface area contributed by atoms with Crippen LogP contribution in [0.2, 0.25) is 10.0 Å². The van der Waals surface area contributed by atoms with E-state index in [9.17, 15) is 18.0 Å². The summed E-state index contributed by atoms with van der Waals surface area (Å²) in [5.74, 6) is -1.22. The molecule has 5 nitrogen and oxygen atoms in total. The Bertz CT molecular complexity index is 1560. The SMILES string of the molecule is O=C(c1ncc(-c2cccnc2)o1)c1c(C(F)(F)F)n(Cc2ccc(Cl)cc2Cl)c2ccccc12. The van der Waals surface area contributed by atoms with Crippen LogP contribution in [-0.2, 0) is 12.7 Å². The molecule has 35 heavy (non-hydrogen) atoms. The summed E-state index contributed by atoms with van der Waals surface area (Å²) in [5, 5.41) is 0.692. The predicted molar refractivity (Wildman–Crippen MR) is 126 cm³/mol. The van der Waals surface area contributed by atoms with Gasteiger partial charge in [0.05, 0.1) is 11.8 Å². The van der Waals surface area contributed by atoms with Gasteiger partial charge in [-0.3, -0.25) is 9.78 Å². The van der Waals surface area contributed by atoms with Gasteiger partial charge in [0.2, 0.25) is 0 Å². The highest BCUT2D eigenvalue weighted by Gasteiger charge is 2.42. The maximum Gasteiger partial charge on any atom is 0.432 e. The van der Waals surface area contributed by atoms with E-state index in [1.54, 1.807) is 42.6 Å². The van der Waals surface area contributed by atoms with Crippen LogP contribution in [0, 0.1) is 0 Å². The lowest BCUT2D eigenvalue weighted by Gasteiger charge is -2.15. The number of nitrogens with zero attached hydrogens (tertiary/aromatic N) is 3. The van der Waals surface area contributed by atoms with Crippen LogP contribution in [-0.4, -0.2) is 20.3 Å². The Morgan fingerprint density at radius 2 is 1.83 bits per heavy atom. The van der Waals surface area contributed by atoms with Gasteiger partial charge in [0.15, 0.2) is 5.76 Å². The van der Waals surface area contributed by atoms with Crippen LogP contribution < -0.4 is 0 Å². The molecule has 0 saturated heterocycles. The van der Waals surface area contributed by atoms with Crippen molar-refractivity contribution < 1.29 is 22.4 Å². The van der Waals surface area contributed by atoms with Crippen LogP contribution >= 0.6 is 23.2 Å². The van der Waals surface area contributed by atoms with Crippen molar-refractivity contribution in [2.75, 3.05) is 0 Å². The topological polar surface area (TPSA) is 60.9 Å². The largest absolute Gasteiger partial charge is 0.433 e. The number of alkyl halides is 3. The number of aromatic nitrogens is 3. The number of carbonyl (C=O) groups excluding carboxylic acids is 1. The van der Waals surface area contributed by atoms with Gasteiger partial charge in [-0.2, -0.15) is 13.2 Å². The Morgan fingerprint density at radius 1 is 1.03 bits per heavy atom. The lowest BCUT2D eigenvalue weighted by atomic mass is 10.1. The fourth-order valence-corrected chi connectivity index (χ4v) is 4.41. The van der Waals surface area contributed by atoms with Crippen LogP contribution in [0.5, 0.6) is 0 Å². The average Bonchev–Trinajstić information content (AvgIpc) is 3.45. The maximum atomic E-state index is 14.5. The first-order valence-corrected chi connectivity index (χ1v) is 11.0. The van der Waals surface area contributed by atoms with Crippen molar-refractivity contribution in [2.45, 2.75) is 12.7 Å². The molecule has 0 amide bonds. The predicted octanol–water partition coefficient (Wildman–Crippen LogP) is 7.30. The molecule has 0 radical (unpaired) electrons. The van der Waals surface area contributed by atoms with Crippen molar-refractivity contribution in [1.82, 2.24) is 14.5 Å². The lowest BCUT2D eigenvalue weighted by Crippen LogP contribution is -2.19.